The minimum absolute atomic E-state index is 0.191. The fraction of sp³-hybridized carbons (Fsp3) is 0.214. The molecule has 1 saturated heterocycles. The van der Waals surface area contributed by atoms with Crippen LogP contribution in [0.1, 0.15) is 31.1 Å². The lowest BCUT2D eigenvalue weighted by molar-refractivity contribution is -0.248. The first kappa shape index (κ1) is 25.7. The normalized spacial score (nSPS) is 21.1. The summed E-state index contributed by atoms with van der Waals surface area (Å²) in [5.74, 6) is -2.99. The number of Topliss-reactive ketones (excluding diaryl/α,β-unsaturated/α-hetero) is 1. The molecule has 190 valence electrons. The van der Waals surface area contributed by atoms with Crippen LogP contribution in [0.5, 0.6) is 0 Å². The Labute approximate surface area is 212 Å². The molecule has 4 rings (SSSR count). The Morgan fingerprint density at radius 1 is 0.703 bits per heavy atom. The third-order valence-corrected chi connectivity index (χ3v) is 5.57. The van der Waals surface area contributed by atoms with Crippen molar-refractivity contribution in [3.05, 3.63) is 108 Å². The molecular weight excluding hydrogens is 480 g/mol. The molecule has 0 spiro atoms. The van der Waals surface area contributed by atoms with Crippen LogP contribution in [0.2, 0.25) is 0 Å². The molecule has 0 saturated carbocycles. The summed E-state index contributed by atoms with van der Waals surface area (Å²) in [6.45, 7) is -0.467. The van der Waals surface area contributed by atoms with Crippen LogP contribution in [0.25, 0.3) is 0 Å². The zero-order chi connectivity index (χ0) is 26.2. The summed E-state index contributed by atoms with van der Waals surface area (Å²) in [5, 5.41) is 0. The van der Waals surface area contributed by atoms with Gasteiger partial charge in [0.1, 0.15) is 6.61 Å². The molecule has 0 aromatic heterocycles. The van der Waals surface area contributed by atoms with Crippen molar-refractivity contribution in [3.63, 3.8) is 0 Å². The zero-order valence-corrected chi connectivity index (χ0v) is 19.9. The van der Waals surface area contributed by atoms with Crippen LogP contribution in [0.4, 0.5) is 0 Å². The second kappa shape index (κ2) is 12.1. The van der Waals surface area contributed by atoms with Crippen LogP contribution in [-0.4, -0.2) is 62.0 Å². The van der Waals surface area contributed by atoms with Gasteiger partial charge in [-0.1, -0.05) is 54.6 Å². The highest BCUT2D eigenvalue weighted by Crippen LogP contribution is 2.26. The first-order valence-electron chi connectivity index (χ1n) is 11.4. The van der Waals surface area contributed by atoms with Crippen LogP contribution in [0.15, 0.2) is 91.0 Å². The van der Waals surface area contributed by atoms with E-state index in [1.165, 1.54) is 31.4 Å². The lowest BCUT2D eigenvalue weighted by atomic mass is 10.00. The highest BCUT2D eigenvalue weighted by molar-refractivity contribution is 5.96. The molecule has 1 heterocycles. The molecule has 1 fully saturated rings. The van der Waals surface area contributed by atoms with E-state index < -0.39 is 54.9 Å². The fourth-order valence-electron chi connectivity index (χ4n) is 3.68. The van der Waals surface area contributed by atoms with E-state index >= 15 is 0 Å². The van der Waals surface area contributed by atoms with Gasteiger partial charge in [-0.05, 0) is 36.4 Å². The molecule has 0 amide bonds. The van der Waals surface area contributed by atoms with Crippen molar-refractivity contribution in [2.24, 2.45) is 0 Å². The summed E-state index contributed by atoms with van der Waals surface area (Å²) >= 11 is 0. The maximum absolute atomic E-state index is 13.4. The molecular formula is C28H24O9. The third kappa shape index (κ3) is 6.27. The predicted octanol–water partition coefficient (Wildman–Crippen LogP) is 3.24. The largest absolute Gasteiger partial charge is 0.459 e. The minimum Gasteiger partial charge on any atom is -0.459 e. The lowest BCUT2D eigenvalue weighted by Gasteiger charge is -2.38. The average molecular weight is 504 g/mol. The predicted molar refractivity (Wildman–Crippen MR) is 129 cm³/mol. The van der Waals surface area contributed by atoms with Gasteiger partial charge >= 0.3 is 17.9 Å². The van der Waals surface area contributed by atoms with Gasteiger partial charge in [0.25, 0.3) is 0 Å². The van der Waals surface area contributed by atoms with Gasteiger partial charge in [-0.3, -0.25) is 4.79 Å². The van der Waals surface area contributed by atoms with E-state index in [1.54, 1.807) is 66.7 Å². The Kier molecular flexibility index (Phi) is 8.40. The Balaban J connectivity index is 1.56. The minimum atomic E-state index is -1.58. The van der Waals surface area contributed by atoms with Crippen molar-refractivity contribution in [3.8, 4) is 0 Å². The number of ketones is 1. The van der Waals surface area contributed by atoms with Crippen molar-refractivity contribution >= 4 is 23.7 Å². The van der Waals surface area contributed by atoms with Crippen LogP contribution >= 0.6 is 0 Å². The van der Waals surface area contributed by atoms with Gasteiger partial charge in [0.15, 0.2) is 18.5 Å². The maximum Gasteiger partial charge on any atom is 0.338 e. The fourth-order valence-corrected chi connectivity index (χ4v) is 3.68. The van der Waals surface area contributed by atoms with Gasteiger partial charge in [-0.2, -0.15) is 0 Å². The molecule has 9 heteroatoms. The number of ether oxygens (including phenoxy) is 5. The maximum atomic E-state index is 13.4. The number of carbonyl (C=O) groups is 4. The number of esters is 3. The molecule has 0 bridgehead atoms. The second-order valence-electron chi connectivity index (χ2n) is 8.02. The average Bonchev–Trinajstić information content (AvgIpc) is 2.95. The first-order chi connectivity index (χ1) is 18.0. The van der Waals surface area contributed by atoms with Crippen LogP contribution in [0.3, 0.4) is 0 Å². The molecule has 0 aliphatic carbocycles. The molecule has 1 aliphatic heterocycles. The third-order valence-electron chi connectivity index (χ3n) is 5.57. The summed E-state index contributed by atoms with van der Waals surface area (Å²) in [6, 6.07) is 24.3. The molecule has 0 N–H and O–H groups in total. The van der Waals surface area contributed by atoms with E-state index in [1.807, 2.05) is 0 Å². The van der Waals surface area contributed by atoms with Gasteiger partial charge in [0.2, 0.25) is 11.9 Å². The smallest absolute Gasteiger partial charge is 0.338 e. The Hall–Kier alpha value is -4.34. The molecule has 37 heavy (non-hydrogen) atoms. The molecule has 9 nitrogen and oxygen atoms in total. The molecule has 0 radical (unpaired) electrons. The number of benzene rings is 3. The molecule has 1 aliphatic rings. The standard InChI is InChI=1S/C28H24O9/c1-33-28-24(37-27(32)20-15-9-4-10-16-20)23(36-26(31)19-13-7-3-8-14-19)22(29)21(35-28)17-34-25(30)18-11-5-2-6-12-18/h2-16,21,23-24,28H,17H2,1H3/t21?,23?,24?,28-/m0/s1. The summed E-state index contributed by atoms with van der Waals surface area (Å²) in [4.78, 5) is 51.4. The first-order valence-corrected chi connectivity index (χ1v) is 11.4. The van der Waals surface area contributed by atoms with Gasteiger partial charge in [0, 0.05) is 7.11 Å². The Bertz CT molecular complexity index is 1230. The Morgan fingerprint density at radius 3 is 1.65 bits per heavy atom. The monoisotopic (exact) mass is 504 g/mol. The van der Waals surface area contributed by atoms with Gasteiger partial charge in [-0.15, -0.1) is 0 Å². The highest BCUT2D eigenvalue weighted by atomic mass is 16.7. The van der Waals surface area contributed by atoms with Crippen LogP contribution in [0, 0.1) is 0 Å². The second-order valence-corrected chi connectivity index (χ2v) is 8.02. The topological polar surface area (TPSA) is 114 Å². The number of hydrogen-bond donors (Lipinski definition) is 0. The zero-order valence-electron chi connectivity index (χ0n) is 19.9. The number of hydrogen-bond acceptors (Lipinski definition) is 9. The van der Waals surface area contributed by atoms with E-state index in [9.17, 15) is 19.2 Å². The summed E-state index contributed by atoms with van der Waals surface area (Å²) in [5.41, 5.74) is 0.698. The molecule has 3 aromatic carbocycles. The number of rotatable bonds is 8. The summed E-state index contributed by atoms with van der Waals surface area (Å²) in [7, 11) is 1.28. The molecule has 3 unspecified atom stereocenters. The van der Waals surface area contributed by atoms with E-state index in [0.717, 1.165) is 0 Å². The van der Waals surface area contributed by atoms with E-state index in [0.29, 0.717) is 0 Å². The molecule has 3 aromatic rings. The lowest BCUT2D eigenvalue weighted by Crippen LogP contribution is -2.59. The van der Waals surface area contributed by atoms with Gasteiger partial charge in [-0.25, -0.2) is 14.4 Å². The summed E-state index contributed by atoms with van der Waals surface area (Å²) < 4.78 is 27.4. The van der Waals surface area contributed by atoms with Crippen molar-refractivity contribution in [2.45, 2.75) is 24.6 Å². The van der Waals surface area contributed by atoms with E-state index in [2.05, 4.69) is 0 Å². The van der Waals surface area contributed by atoms with Gasteiger partial charge in [0.05, 0.1) is 16.7 Å². The van der Waals surface area contributed by atoms with E-state index in [4.69, 9.17) is 23.7 Å². The number of carbonyl (C=O) groups excluding carboxylic acids is 4. The number of methoxy groups -OCH3 is 1. The van der Waals surface area contributed by atoms with Gasteiger partial charge < -0.3 is 23.7 Å². The van der Waals surface area contributed by atoms with E-state index in [-0.39, 0.29) is 16.7 Å². The summed E-state index contributed by atoms with van der Waals surface area (Å²) in [6.07, 6.45) is -5.63. The molecule has 4 atom stereocenters. The van der Waals surface area contributed by atoms with Crippen LogP contribution in [-0.2, 0) is 28.5 Å². The quantitative estimate of drug-likeness (QED) is 0.337. The van der Waals surface area contributed by atoms with Crippen molar-refractivity contribution in [1.29, 1.82) is 0 Å². The van der Waals surface area contributed by atoms with Crippen LogP contribution < -0.4 is 0 Å². The SMILES string of the molecule is CO[C@H]1OC(COC(=O)c2ccccc2)C(=O)C(OC(=O)c2ccccc2)C1OC(=O)c1ccccc1. The van der Waals surface area contributed by atoms with Crippen molar-refractivity contribution < 1.29 is 42.9 Å². The van der Waals surface area contributed by atoms with Crippen molar-refractivity contribution in [2.75, 3.05) is 13.7 Å². The Morgan fingerprint density at radius 2 is 1.16 bits per heavy atom. The van der Waals surface area contributed by atoms with Crippen molar-refractivity contribution in [1.82, 2.24) is 0 Å². The highest BCUT2D eigenvalue weighted by Gasteiger charge is 2.50.